The van der Waals surface area contributed by atoms with Gasteiger partial charge in [-0.05, 0) is 42.2 Å². The van der Waals surface area contributed by atoms with Crippen molar-refractivity contribution in [3.63, 3.8) is 0 Å². The number of piperidine rings is 1. The average Bonchev–Trinajstić information content (AvgIpc) is 3.41. The Morgan fingerprint density at radius 2 is 1.85 bits per heavy atom. The fraction of sp³-hybridized carbons (Fsp3) is 0.345. The van der Waals surface area contributed by atoms with E-state index < -0.39 is 4.92 Å². The molecule has 0 bridgehead atoms. The van der Waals surface area contributed by atoms with Crippen molar-refractivity contribution < 1.29 is 19.2 Å². The zero-order valence-electron chi connectivity index (χ0n) is 21.9. The van der Waals surface area contributed by atoms with E-state index in [1.807, 2.05) is 54.6 Å². The zero-order valence-corrected chi connectivity index (χ0v) is 21.9. The third-order valence-electron chi connectivity index (χ3n) is 7.64. The summed E-state index contributed by atoms with van der Waals surface area (Å²) < 4.78 is 11.1. The topological polar surface area (TPSA) is 127 Å². The molecule has 4 N–H and O–H groups in total. The maximum absolute atomic E-state index is 13.8. The third kappa shape index (κ3) is 5.73. The molecule has 2 aliphatic heterocycles. The van der Waals surface area contributed by atoms with Crippen LogP contribution in [0.4, 0.5) is 5.69 Å². The summed E-state index contributed by atoms with van der Waals surface area (Å²) in [7, 11) is 3.24. The van der Waals surface area contributed by atoms with Gasteiger partial charge in [0.05, 0.1) is 31.4 Å². The highest BCUT2D eigenvalue weighted by Crippen LogP contribution is 2.44. The molecule has 5 rings (SSSR count). The Labute approximate surface area is 227 Å². The summed E-state index contributed by atoms with van der Waals surface area (Å²) in [4.78, 5) is 24.8. The molecule has 1 amide bonds. The van der Waals surface area contributed by atoms with E-state index in [0.717, 1.165) is 23.1 Å². The highest BCUT2D eigenvalue weighted by atomic mass is 16.6. The van der Waals surface area contributed by atoms with Crippen LogP contribution in [0.5, 0.6) is 11.5 Å². The number of nitro groups is 1. The Kier molecular flexibility index (Phi) is 8.06. The minimum Gasteiger partial charge on any atom is -0.497 e. The molecule has 0 radical (unpaired) electrons. The summed E-state index contributed by atoms with van der Waals surface area (Å²) >= 11 is 0. The maximum Gasteiger partial charge on any atom is 0.269 e. The van der Waals surface area contributed by atoms with E-state index in [9.17, 15) is 14.9 Å². The smallest absolute Gasteiger partial charge is 0.269 e. The Morgan fingerprint density at radius 1 is 1.03 bits per heavy atom. The van der Waals surface area contributed by atoms with E-state index in [4.69, 9.17) is 9.47 Å². The largest absolute Gasteiger partial charge is 0.497 e. The lowest BCUT2D eigenvalue weighted by Gasteiger charge is -2.40. The summed E-state index contributed by atoms with van der Waals surface area (Å²) in [6.07, 6.45) is 0.967. The van der Waals surface area contributed by atoms with Crippen LogP contribution in [0.25, 0.3) is 0 Å². The average molecular weight is 532 g/mol. The number of carbonyl (C=O) groups excluding carboxylic acids is 1. The number of nitrogens with one attached hydrogen (secondary N) is 4. The number of hydrogen-bond donors (Lipinski definition) is 4. The minimum atomic E-state index is -0.401. The second-order valence-corrected chi connectivity index (χ2v) is 9.87. The molecule has 2 fully saturated rings. The molecule has 39 heavy (non-hydrogen) atoms. The fourth-order valence-electron chi connectivity index (χ4n) is 5.73. The van der Waals surface area contributed by atoms with Crippen LogP contribution in [0.2, 0.25) is 0 Å². The van der Waals surface area contributed by atoms with Gasteiger partial charge in [-0.2, -0.15) is 0 Å². The second kappa shape index (κ2) is 11.8. The van der Waals surface area contributed by atoms with Crippen molar-refractivity contribution in [2.45, 2.75) is 31.1 Å². The van der Waals surface area contributed by atoms with E-state index >= 15 is 0 Å². The lowest BCUT2D eigenvalue weighted by atomic mass is 9.74. The molecule has 3 aromatic carbocycles. The highest BCUT2D eigenvalue weighted by molar-refractivity contribution is 5.79. The van der Waals surface area contributed by atoms with Crippen LogP contribution in [-0.2, 0) is 11.2 Å². The summed E-state index contributed by atoms with van der Waals surface area (Å²) in [5.74, 6) is 0.772. The number of nitrogens with zero attached hydrogens (tertiary/aromatic N) is 1. The van der Waals surface area contributed by atoms with Crippen LogP contribution in [-0.4, -0.2) is 37.8 Å². The number of benzene rings is 3. The molecule has 0 aromatic heterocycles. The Bertz CT molecular complexity index is 1320. The molecule has 0 saturated carbocycles. The maximum atomic E-state index is 13.8. The molecule has 10 heteroatoms. The lowest BCUT2D eigenvalue weighted by Crippen LogP contribution is -2.54. The Balaban J connectivity index is 1.43. The summed E-state index contributed by atoms with van der Waals surface area (Å²) in [5, 5.41) is 18.2. The third-order valence-corrected chi connectivity index (χ3v) is 7.64. The monoisotopic (exact) mass is 531 g/mol. The lowest BCUT2D eigenvalue weighted by molar-refractivity contribution is -0.384. The van der Waals surface area contributed by atoms with Gasteiger partial charge in [0.1, 0.15) is 11.5 Å². The summed E-state index contributed by atoms with van der Waals surface area (Å²) in [6.45, 7) is 0.514. The van der Waals surface area contributed by atoms with Crippen LogP contribution < -0.4 is 31.0 Å². The van der Waals surface area contributed by atoms with Crippen LogP contribution in [0.15, 0.2) is 72.8 Å². The number of methoxy groups -OCH3 is 2. The fourth-order valence-corrected chi connectivity index (χ4v) is 5.73. The number of ether oxygens (including phenoxy) is 2. The first-order valence-electron chi connectivity index (χ1n) is 13.0. The van der Waals surface area contributed by atoms with Gasteiger partial charge in [-0.25, -0.2) is 10.9 Å². The van der Waals surface area contributed by atoms with Crippen molar-refractivity contribution in [3.8, 4) is 11.5 Å². The number of non-ortho nitro benzene ring substituents is 1. The van der Waals surface area contributed by atoms with Crippen molar-refractivity contribution in [2.24, 2.45) is 11.8 Å². The first-order valence-corrected chi connectivity index (χ1v) is 13.0. The number of fused-ring (bicyclic) bond motifs is 1. The van der Waals surface area contributed by atoms with Crippen molar-refractivity contribution >= 4 is 11.6 Å². The van der Waals surface area contributed by atoms with Gasteiger partial charge in [0.15, 0.2) is 0 Å². The number of carbonyl (C=O) groups is 1. The molecule has 0 spiro atoms. The van der Waals surface area contributed by atoms with E-state index in [1.165, 1.54) is 6.07 Å². The number of hydrogen-bond acceptors (Lipinski definition) is 8. The van der Waals surface area contributed by atoms with Crippen LogP contribution in [0.1, 0.15) is 35.2 Å². The number of rotatable bonds is 9. The van der Waals surface area contributed by atoms with E-state index in [-0.39, 0.29) is 41.7 Å². The molecule has 10 nitrogen and oxygen atoms in total. The van der Waals surface area contributed by atoms with Crippen molar-refractivity contribution in [2.75, 3.05) is 20.8 Å². The van der Waals surface area contributed by atoms with Gasteiger partial charge in [0.2, 0.25) is 5.91 Å². The highest BCUT2D eigenvalue weighted by Gasteiger charge is 2.49. The SMILES string of the molecule is COc1ccc(OC)c(C2CC(C(=O)NCCc3ccccc3)C3C(NNC3c3cccc([N+](=O)[O-])c3)N2)c1. The second-order valence-electron chi connectivity index (χ2n) is 9.87. The predicted octanol–water partition coefficient (Wildman–Crippen LogP) is 3.41. The van der Waals surface area contributed by atoms with Gasteiger partial charge in [0.25, 0.3) is 5.69 Å². The van der Waals surface area contributed by atoms with Gasteiger partial charge in [-0.3, -0.25) is 20.2 Å². The predicted molar refractivity (Wildman–Crippen MR) is 146 cm³/mol. The van der Waals surface area contributed by atoms with Crippen molar-refractivity contribution in [1.29, 1.82) is 0 Å². The van der Waals surface area contributed by atoms with Gasteiger partial charge < -0.3 is 14.8 Å². The Morgan fingerprint density at radius 3 is 2.59 bits per heavy atom. The molecule has 2 heterocycles. The van der Waals surface area contributed by atoms with Crippen LogP contribution >= 0.6 is 0 Å². The van der Waals surface area contributed by atoms with Gasteiger partial charge in [-0.1, -0.05) is 42.5 Å². The number of hydrazine groups is 1. The molecule has 0 aliphatic carbocycles. The molecule has 5 unspecified atom stereocenters. The van der Waals surface area contributed by atoms with Crippen molar-refractivity contribution in [3.05, 3.63) is 99.6 Å². The van der Waals surface area contributed by atoms with Gasteiger partial charge in [-0.15, -0.1) is 0 Å². The van der Waals surface area contributed by atoms with Crippen LogP contribution in [0.3, 0.4) is 0 Å². The first kappa shape index (κ1) is 26.6. The molecule has 5 atom stereocenters. The van der Waals surface area contributed by atoms with E-state index in [1.54, 1.807) is 26.4 Å². The molecular weight excluding hydrogens is 498 g/mol. The zero-order chi connectivity index (χ0) is 27.4. The minimum absolute atomic E-state index is 0.0179. The number of amides is 1. The quantitative estimate of drug-likeness (QED) is 0.244. The van der Waals surface area contributed by atoms with Gasteiger partial charge in [0, 0.05) is 42.1 Å². The molecule has 2 aliphatic rings. The van der Waals surface area contributed by atoms with Crippen molar-refractivity contribution in [1.82, 2.24) is 21.5 Å². The molecule has 2 saturated heterocycles. The summed E-state index contributed by atoms with van der Waals surface area (Å²) in [6, 6.07) is 21.7. The summed E-state index contributed by atoms with van der Waals surface area (Å²) in [5.41, 5.74) is 9.43. The molecular formula is C29H33N5O5. The normalized spacial score (nSPS) is 24.0. The first-order chi connectivity index (χ1) is 19.0. The molecule has 3 aromatic rings. The molecule has 204 valence electrons. The standard InChI is InChI=1S/C29H33N5O5/c1-38-21-11-12-25(39-2)22(16-21)24-17-23(29(35)30-14-13-18-7-4-3-5-8-18)26-27(32-33-28(26)31-24)19-9-6-10-20(15-19)34(36)37/h3-12,15-16,23-24,26-28,31-33H,13-14,17H2,1-2H3,(H,30,35). The van der Waals surface area contributed by atoms with E-state index in [2.05, 4.69) is 21.5 Å². The Hall–Kier alpha value is -3.99. The van der Waals surface area contributed by atoms with E-state index in [0.29, 0.717) is 24.5 Å². The number of nitro benzene ring substituents is 1. The van der Waals surface area contributed by atoms with Gasteiger partial charge >= 0.3 is 0 Å². The van der Waals surface area contributed by atoms with Crippen LogP contribution in [0, 0.1) is 22.0 Å².